The van der Waals surface area contributed by atoms with Crippen LogP contribution in [-0.2, 0) is 14.3 Å². The fraction of sp³-hybridized carbons (Fsp3) is 0.857. The van der Waals surface area contributed by atoms with E-state index in [0.29, 0.717) is 12.8 Å². The molecule has 0 aliphatic rings. The largest absolute Gasteiger partial charge is 0.481 e. The van der Waals surface area contributed by atoms with Crippen LogP contribution < -0.4 is 0 Å². The molecule has 1 N–H and O–H groups in total. The van der Waals surface area contributed by atoms with Crippen molar-refractivity contribution in [3.8, 4) is 0 Å². The molecule has 0 heterocycles. The quantitative estimate of drug-likeness (QED) is 0.0902. The summed E-state index contributed by atoms with van der Waals surface area (Å²) < 4.78 is 5.73. The summed E-state index contributed by atoms with van der Waals surface area (Å²) in [6, 6.07) is 0. The summed E-state index contributed by atoms with van der Waals surface area (Å²) in [5, 5.41) is 8.71. The molecule has 0 rings (SSSR count). The number of carboxylic acid groups (broad SMARTS) is 1. The molecule has 1 unspecified atom stereocenters. The Kier molecular flexibility index (Phi) is 23.3. The number of carboxylic acids is 1. The molecule has 0 aliphatic heterocycles. The second-order valence-corrected chi connectivity index (χ2v) is 9.23. The van der Waals surface area contributed by atoms with Gasteiger partial charge in [-0.3, -0.25) is 9.59 Å². The molecule has 0 aromatic carbocycles. The van der Waals surface area contributed by atoms with Gasteiger partial charge < -0.3 is 9.84 Å². The minimum absolute atomic E-state index is 0.00529. The van der Waals surface area contributed by atoms with Crippen LogP contribution >= 0.6 is 0 Å². The zero-order valence-corrected chi connectivity index (χ0v) is 21.3. The maximum Gasteiger partial charge on any atom is 0.306 e. The van der Waals surface area contributed by atoms with E-state index in [1.807, 2.05) is 0 Å². The topological polar surface area (TPSA) is 63.6 Å². The van der Waals surface area contributed by atoms with E-state index in [0.717, 1.165) is 51.4 Å². The van der Waals surface area contributed by atoms with Gasteiger partial charge in [0, 0.05) is 12.8 Å². The van der Waals surface area contributed by atoms with Crippen molar-refractivity contribution < 1.29 is 19.4 Å². The summed E-state index contributed by atoms with van der Waals surface area (Å²) in [6.45, 7) is 4.41. The van der Waals surface area contributed by atoms with Crippen LogP contribution in [0.5, 0.6) is 0 Å². The molecule has 0 spiro atoms. The highest BCUT2D eigenvalue weighted by Gasteiger charge is 2.14. The lowest BCUT2D eigenvalue weighted by Gasteiger charge is -2.17. The summed E-state index contributed by atoms with van der Waals surface area (Å²) >= 11 is 0. The number of hydrogen-bond donors (Lipinski definition) is 1. The standard InChI is InChI=1S/C28H52O4/c1-3-5-7-8-9-10-11-12-13-14-15-16-17-21-25-28(31)32-26(22-6-4-2)23-19-18-20-24-27(29)30/h11-12,26H,3-10,13-25H2,1-2H3,(H,29,30)/b12-11-. The fourth-order valence-electron chi connectivity index (χ4n) is 3.93. The first kappa shape index (κ1) is 30.7. The Morgan fingerprint density at radius 3 is 1.78 bits per heavy atom. The lowest BCUT2D eigenvalue weighted by molar-refractivity contribution is -0.150. The highest BCUT2D eigenvalue weighted by atomic mass is 16.5. The molecule has 4 heteroatoms. The second kappa shape index (κ2) is 24.3. The van der Waals surface area contributed by atoms with E-state index < -0.39 is 5.97 Å². The normalized spacial score (nSPS) is 12.3. The highest BCUT2D eigenvalue weighted by molar-refractivity contribution is 5.69. The molecular formula is C28H52O4. The summed E-state index contributed by atoms with van der Waals surface area (Å²) in [6.07, 6.45) is 26.8. The highest BCUT2D eigenvalue weighted by Crippen LogP contribution is 2.16. The third kappa shape index (κ3) is 23.3. The number of rotatable bonds is 24. The smallest absolute Gasteiger partial charge is 0.306 e. The minimum atomic E-state index is -0.733. The van der Waals surface area contributed by atoms with Gasteiger partial charge >= 0.3 is 11.9 Å². The Bertz CT molecular complexity index is 458. The molecule has 0 fully saturated rings. The predicted octanol–water partition coefficient (Wildman–Crippen LogP) is 8.77. The molecule has 188 valence electrons. The summed E-state index contributed by atoms with van der Waals surface area (Å²) in [7, 11) is 0. The molecule has 0 aliphatic carbocycles. The van der Waals surface area contributed by atoms with E-state index in [2.05, 4.69) is 26.0 Å². The number of carbonyl (C=O) groups excluding carboxylic acids is 1. The molecule has 0 saturated carbocycles. The summed E-state index contributed by atoms with van der Waals surface area (Å²) in [5.74, 6) is -0.790. The number of unbranched alkanes of at least 4 members (excludes halogenated alkanes) is 13. The van der Waals surface area contributed by atoms with Crippen LogP contribution in [0.4, 0.5) is 0 Å². The van der Waals surface area contributed by atoms with Crippen molar-refractivity contribution in [1.82, 2.24) is 0 Å². The fourth-order valence-corrected chi connectivity index (χ4v) is 3.93. The van der Waals surface area contributed by atoms with E-state index in [1.165, 1.54) is 64.2 Å². The Morgan fingerprint density at radius 2 is 1.16 bits per heavy atom. The van der Waals surface area contributed by atoms with Gasteiger partial charge in [0.25, 0.3) is 0 Å². The number of hydrogen-bond acceptors (Lipinski definition) is 3. The SMILES string of the molecule is CCCCCCC/C=C\CCCCCCCC(=O)OC(CCCC)CCCCCC(=O)O. The van der Waals surface area contributed by atoms with E-state index in [1.54, 1.807) is 0 Å². The third-order valence-corrected chi connectivity index (χ3v) is 5.99. The van der Waals surface area contributed by atoms with Crippen LogP contribution in [0.3, 0.4) is 0 Å². The first-order chi connectivity index (χ1) is 15.6. The number of esters is 1. The molecule has 4 nitrogen and oxygen atoms in total. The van der Waals surface area contributed by atoms with Gasteiger partial charge in [-0.15, -0.1) is 0 Å². The van der Waals surface area contributed by atoms with Crippen molar-refractivity contribution in [3.63, 3.8) is 0 Å². The van der Waals surface area contributed by atoms with Gasteiger partial charge in [-0.2, -0.15) is 0 Å². The summed E-state index contributed by atoms with van der Waals surface area (Å²) in [4.78, 5) is 22.8. The minimum Gasteiger partial charge on any atom is -0.481 e. The molecule has 0 saturated heterocycles. The van der Waals surface area contributed by atoms with E-state index in [9.17, 15) is 9.59 Å². The van der Waals surface area contributed by atoms with Crippen molar-refractivity contribution in [2.24, 2.45) is 0 Å². The Labute approximate surface area is 198 Å². The van der Waals surface area contributed by atoms with Crippen molar-refractivity contribution >= 4 is 11.9 Å². The lowest BCUT2D eigenvalue weighted by Crippen LogP contribution is -2.18. The van der Waals surface area contributed by atoms with Crippen LogP contribution in [0.15, 0.2) is 12.2 Å². The van der Waals surface area contributed by atoms with Gasteiger partial charge in [0.2, 0.25) is 0 Å². The molecule has 0 bridgehead atoms. The monoisotopic (exact) mass is 452 g/mol. The van der Waals surface area contributed by atoms with Crippen LogP contribution in [0.25, 0.3) is 0 Å². The third-order valence-electron chi connectivity index (χ3n) is 5.99. The van der Waals surface area contributed by atoms with Crippen molar-refractivity contribution in [3.05, 3.63) is 12.2 Å². The van der Waals surface area contributed by atoms with Gasteiger partial charge in [0.15, 0.2) is 0 Å². The van der Waals surface area contributed by atoms with Crippen molar-refractivity contribution in [2.75, 3.05) is 0 Å². The molecule has 0 amide bonds. The molecule has 0 aromatic rings. The molecule has 1 atom stereocenters. The van der Waals surface area contributed by atoms with Crippen LogP contribution in [-0.4, -0.2) is 23.1 Å². The first-order valence-corrected chi connectivity index (χ1v) is 13.7. The van der Waals surface area contributed by atoms with Crippen LogP contribution in [0, 0.1) is 0 Å². The zero-order chi connectivity index (χ0) is 23.7. The van der Waals surface area contributed by atoms with E-state index in [4.69, 9.17) is 9.84 Å². The number of carbonyl (C=O) groups is 2. The van der Waals surface area contributed by atoms with E-state index >= 15 is 0 Å². The number of allylic oxidation sites excluding steroid dienone is 2. The number of aliphatic carboxylic acids is 1. The number of ether oxygens (including phenoxy) is 1. The van der Waals surface area contributed by atoms with Gasteiger partial charge in [0.1, 0.15) is 6.10 Å². The van der Waals surface area contributed by atoms with Gasteiger partial charge in [-0.25, -0.2) is 0 Å². The Morgan fingerprint density at radius 1 is 0.656 bits per heavy atom. The first-order valence-electron chi connectivity index (χ1n) is 13.7. The Balaban J connectivity index is 3.68. The van der Waals surface area contributed by atoms with Gasteiger partial charge in [0.05, 0.1) is 0 Å². The molecule has 0 aromatic heterocycles. The van der Waals surface area contributed by atoms with Crippen LogP contribution in [0.1, 0.15) is 149 Å². The zero-order valence-electron chi connectivity index (χ0n) is 21.3. The molecule has 32 heavy (non-hydrogen) atoms. The van der Waals surface area contributed by atoms with Gasteiger partial charge in [-0.1, -0.05) is 90.2 Å². The maximum absolute atomic E-state index is 12.2. The predicted molar refractivity (Wildman–Crippen MR) is 135 cm³/mol. The van der Waals surface area contributed by atoms with E-state index in [-0.39, 0.29) is 18.5 Å². The summed E-state index contributed by atoms with van der Waals surface area (Å²) in [5.41, 5.74) is 0. The maximum atomic E-state index is 12.2. The molecular weight excluding hydrogens is 400 g/mol. The van der Waals surface area contributed by atoms with Gasteiger partial charge in [-0.05, 0) is 57.8 Å². The average Bonchev–Trinajstić information content (AvgIpc) is 2.77. The van der Waals surface area contributed by atoms with Crippen molar-refractivity contribution in [2.45, 2.75) is 155 Å². The lowest BCUT2D eigenvalue weighted by atomic mass is 10.0. The Hall–Kier alpha value is -1.32. The second-order valence-electron chi connectivity index (χ2n) is 9.23. The van der Waals surface area contributed by atoms with Crippen molar-refractivity contribution in [1.29, 1.82) is 0 Å². The van der Waals surface area contributed by atoms with Crippen LogP contribution in [0.2, 0.25) is 0 Å². The average molecular weight is 453 g/mol. The molecule has 0 radical (unpaired) electrons.